The molecule has 3 heterocycles. The summed E-state index contributed by atoms with van der Waals surface area (Å²) >= 11 is 0. The van der Waals surface area contributed by atoms with Crippen LogP contribution in [0, 0.1) is 0 Å². The summed E-state index contributed by atoms with van der Waals surface area (Å²) in [4.78, 5) is 21.1. The number of aromatic nitrogens is 5. The molecule has 2 fully saturated rings. The first kappa shape index (κ1) is 22.7. The molecule has 8 nitrogen and oxygen atoms in total. The van der Waals surface area contributed by atoms with Crippen molar-refractivity contribution in [2.75, 3.05) is 16.8 Å². The first-order valence-corrected chi connectivity index (χ1v) is 11.7. The maximum absolute atomic E-state index is 6.10. The van der Waals surface area contributed by atoms with Crippen molar-refractivity contribution in [3.8, 4) is 0 Å². The van der Waals surface area contributed by atoms with Crippen molar-refractivity contribution in [1.29, 1.82) is 0 Å². The number of halogens is 1. The summed E-state index contributed by atoms with van der Waals surface area (Å²) in [5.74, 6) is 1.54. The predicted molar refractivity (Wildman–Crippen MR) is 131 cm³/mol. The van der Waals surface area contributed by atoms with E-state index in [0.29, 0.717) is 24.1 Å². The Bertz CT molecular complexity index is 1010. The fourth-order valence-electron chi connectivity index (χ4n) is 5.03. The average Bonchev–Trinajstić information content (AvgIpc) is 3.46. The Morgan fingerprint density at radius 3 is 2.47 bits per heavy atom. The molecule has 5 rings (SSSR count). The molecule has 0 amide bonds. The first-order chi connectivity index (χ1) is 15.2. The molecule has 0 saturated heterocycles. The van der Waals surface area contributed by atoms with Gasteiger partial charge in [0, 0.05) is 42.8 Å². The number of nitrogens with one attached hydrogen (secondary N) is 1. The number of rotatable bonds is 6. The van der Waals surface area contributed by atoms with E-state index in [1.54, 1.807) is 0 Å². The lowest BCUT2D eigenvalue weighted by molar-refractivity contribution is 0.410. The van der Waals surface area contributed by atoms with Gasteiger partial charge in [-0.2, -0.15) is 9.97 Å². The molecule has 2 aliphatic carbocycles. The predicted octanol–water partition coefficient (Wildman–Crippen LogP) is 4.60. The summed E-state index contributed by atoms with van der Waals surface area (Å²) in [6.45, 7) is 2.92. The highest BCUT2D eigenvalue weighted by Crippen LogP contribution is 2.35. The third kappa shape index (κ3) is 4.52. The lowest BCUT2D eigenvalue weighted by Crippen LogP contribution is -2.33. The van der Waals surface area contributed by atoms with Crippen LogP contribution in [0.25, 0.3) is 11.2 Å². The lowest BCUT2D eigenvalue weighted by Gasteiger charge is -2.28. The van der Waals surface area contributed by atoms with Crippen LogP contribution in [-0.2, 0) is 0 Å². The van der Waals surface area contributed by atoms with Gasteiger partial charge in [-0.25, -0.2) is 4.98 Å². The zero-order valence-corrected chi connectivity index (χ0v) is 19.5. The SMILES string of the molecule is CCN(c1ccncc1)c1nc(NC2CCC(N)CC2)nc2c1ncn2C1CCCC1.Cl. The van der Waals surface area contributed by atoms with Crippen LogP contribution in [0.2, 0.25) is 0 Å². The molecule has 3 aromatic rings. The van der Waals surface area contributed by atoms with Crippen molar-refractivity contribution >= 4 is 41.0 Å². The molecule has 32 heavy (non-hydrogen) atoms. The molecule has 2 saturated carbocycles. The van der Waals surface area contributed by atoms with Crippen LogP contribution in [0.3, 0.4) is 0 Å². The molecule has 0 spiro atoms. The second kappa shape index (κ2) is 10.0. The molecule has 3 aromatic heterocycles. The Morgan fingerprint density at radius 1 is 1.06 bits per heavy atom. The molecule has 9 heteroatoms. The maximum atomic E-state index is 6.10. The molecule has 0 radical (unpaired) electrons. The summed E-state index contributed by atoms with van der Waals surface area (Å²) in [6, 6.07) is 5.19. The third-order valence-electron chi connectivity index (χ3n) is 6.77. The van der Waals surface area contributed by atoms with Crippen LogP contribution >= 0.6 is 12.4 Å². The Labute approximate surface area is 195 Å². The van der Waals surface area contributed by atoms with Crippen molar-refractivity contribution in [2.24, 2.45) is 5.73 Å². The smallest absolute Gasteiger partial charge is 0.227 e. The molecule has 3 N–H and O–H groups in total. The Morgan fingerprint density at radius 2 is 1.78 bits per heavy atom. The summed E-state index contributed by atoms with van der Waals surface area (Å²) in [5.41, 5.74) is 8.96. The van der Waals surface area contributed by atoms with Gasteiger partial charge in [0.05, 0.1) is 6.33 Å². The van der Waals surface area contributed by atoms with E-state index in [2.05, 4.69) is 26.7 Å². The number of nitrogens with two attached hydrogens (primary N) is 1. The van der Waals surface area contributed by atoms with Crippen LogP contribution in [0.15, 0.2) is 30.9 Å². The second-order valence-corrected chi connectivity index (χ2v) is 8.84. The van der Waals surface area contributed by atoms with Gasteiger partial charge in [0.15, 0.2) is 17.0 Å². The minimum Gasteiger partial charge on any atom is -0.351 e. The normalized spacial score (nSPS) is 21.4. The van der Waals surface area contributed by atoms with E-state index in [9.17, 15) is 0 Å². The fourth-order valence-corrected chi connectivity index (χ4v) is 5.03. The van der Waals surface area contributed by atoms with E-state index in [1.807, 2.05) is 30.9 Å². The van der Waals surface area contributed by atoms with Gasteiger partial charge < -0.3 is 20.5 Å². The minimum absolute atomic E-state index is 0. The van der Waals surface area contributed by atoms with Gasteiger partial charge in [0.2, 0.25) is 5.95 Å². The van der Waals surface area contributed by atoms with Crippen LogP contribution < -0.4 is 16.0 Å². The average molecular weight is 457 g/mol. The van der Waals surface area contributed by atoms with E-state index in [0.717, 1.165) is 54.9 Å². The standard InChI is InChI=1S/C23H32N8.ClH/c1-2-30(19-11-13-25-14-12-19)21-20-22(31(15-26-20)18-5-3-4-6-18)29-23(28-21)27-17-9-7-16(24)8-10-17;/h11-18H,2-10,24H2,1H3,(H,27,28,29);1H. The number of nitrogens with zero attached hydrogens (tertiary/aromatic N) is 6. The highest BCUT2D eigenvalue weighted by molar-refractivity contribution is 5.87. The molecule has 0 aliphatic heterocycles. The third-order valence-corrected chi connectivity index (χ3v) is 6.77. The van der Waals surface area contributed by atoms with E-state index in [4.69, 9.17) is 20.7 Å². The summed E-state index contributed by atoms with van der Waals surface area (Å²) in [6.07, 6.45) is 14.7. The summed E-state index contributed by atoms with van der Waals surface area (Å²) < 4.78 is 2.27. The zero-order chi connectivity index (χ0) is 21.2. The fraction of sp³-hybridized carbons (Fsp3) is 0.565. The molecule has 172 valence electrons. The zero-order valence-electron chi connectivity index (χ0n) is 18.7. The second-order valence-electron chi connectivity index (χ2n) is 8.84. The molecule has 0 unspecified atom stereocenters. The van der Waals surface area contributed by atoms with Crippen molar-refractivity contribution in [3.05, 3.63) is 30.9 Å². The lowest BCUT2D eigenvalue weighted by atomic mass is 9.92. The van der Waals surface area contributed by atoms with E-state index in [1.165, 1.54) is 25.7 Å². The van der Waals surface area contributed by atoms with Crippen LogP contribution in [0.1, 0.15) is 64.3 Å². The quantitative estimate of drug-likeness (QED) is 0.559. The number of pyridine rings is 1. The van der Waals surface area contributed by atoms with Crippen molar-refractivity contribution in [3.63, 3.8) is 0 Å². The largest absolute Gasteiger partial charge is 0.351 e. The van der Waals surface area contributed by atoms with E-state index in [-0.39, 0.29) is 12.4 Å². The van der Waals surface area contributed by atoms with Crippen molar-refractivity contribution < 1.29 is 0 Å². The van der Waals surface area contributed by atoms with Crippen molar-refractivity contribution in [2.45, 2.75) is 76.4 Å². The van der Waals surface area contributed by atoms with E-state index >= 15 is 0 Å². The first-order valence-electron chi connectivity index (χ1n) is 11.7. The molecule has 2 aliphatic rings. The number of hydrogen-bond donors (Lipinski definition) is 2. The van der Waals surface area contributed by atoms with Gasteiger partial charge in [-0.05, 0) is 57.6 Å². The Balaban J connectivity index is 0.00000245. The highest BCUT2D eigenvalue weighted by Gasteiger charge is 2.25. The Hall–Kier alpha value is -2.45. The monoisotopic (exact) mass is 456 g/mol. The molecule has 0 atom stereocenters. The number of hydrogen-bond acceptors (Lipinski definition) is 7. The van der Waals surface area contributed by atoms with Gasteiger partial charge in [-0.3, -0.25) is 4.98 Å². The highest BCUT2D eigenvalue weighted by atomic mass is 35.5. The molecule has 0 aromatic carbocycles. The van der Waals surface area contributed by atoms with Gasteiger partial charge in [0.25, 0.3) is 0 Å². The summed E-state index contributed by atoms with van der Waals surface area (Å²) in [7, 11) is 0. The number of fused-ring (bicyclic) bond motifs is 1. The van der Waals surface area contributed by atoms with Crippen molar-refractivity contribution in [1.82, 2.24) is 24.5 Å². The minimum atomic E-state index is 0. The maximum Gasteiger partial charge on any atom is 0.227 e. The topological polar surface area (TPSA) is 97.8 Å². The van der Waals surface area contributed by atoms with Crippen LogP contribution in [0.5, 0.6) is 0 Å². The van der Waals surface area contributed by atoms with Gasteiger partial charge >= 0.3 is 0 Å². The van der Waals surface area contributed by atoms with E-state index < -0.39 is 0 Å². The van der Waals surface area contributed by atoms with Gasteiger partial charge in [0.1, 0.15) is 0 Å². The van der Waals surface area contributed by atoms with Crippen LogP contribution in [0.4, 0.5) is 17.5 Å². The number of anilines is 3. The van der Waals surface area contributed by atoms with Gasteiger partial charge in [-0.1, -0.05) is 12.8 Å². The van der Waals surface area contributed by atoms with Crippen LogP contribution in [-0.4, -0.2) is 43.1 Å². The molecular formula is C23H33ClN8. The Kier molecular flexibility index (Phi) is 7.10. The summed E-state index contributed by atoms with van der Waals surface area (Å²) in [5, 5.41) is 3.61. The van der Waals surface area contributed by atoms with Gasteiger partial charge in [-0.15, -0.1) is 12.4 Å². The molecular weight excluding hydrogens is 424 g/mol. The molecule has 0 bridgehead atoms. The number of imidazole rings is 1.